The lowest BCUT2D eigenvalue weighted by molar-refractivity contribution is 0.180. The maximum Gasteiger partial charge on any atom is 0.265 e. The van der Waals surface area contributed by atoms with E-state index in [9.17, 15) is 4.79 Å². The molecule has 0 fully saturated rings. The zero-order valence-corrected chi connectivity index (χ0v) is 11.4. The van der Waals surface area contributed by atoms with Crippen molar-refractivity contribution in [3.63, 3.8) is 0 Å². The van der Waals surface area contributed by atoms with E-state index in [2.05, 4.69) is 39.7 Å². The van der Waals surface area contributed by atoms with Crippen LogP contribution in [0.4, 0.5) is 0 Å². The summed E-state index contributed by atoms with van der Waals surface area (Å²) in [7, 11) is 1.59. The van der Waals surface area contributed by atoms with Gasteiger partial charge >= 0.3 is 0 Å². The SMILES string of the molecule is CCC(CC)c1nc(COC)c(Br)c(=O)[nH]1. The molecule has 0 aromatic carbocycles. The Morgan fingerprint density at radius 1 is 1.44 bits per heavy atom. The minimum Gasteiger partial charge on any atom is -0.378 e. The highest BCUT2D eigenvalue weighted by Gasteiger charge is 2.14. The molecule has 1 heterocycles. The van der Waals surface area contributed by atoms with Gasteiger partial charge in [0.2, 0.25) is 0 Å². The summed E-state index contributed by atoms with van der Waals surface area (Å²) < 4.78 is 5.48. The summed E-state index contributed by atoms with van der Waals surface area (Å²) in [6.07, 6.45) is 1.93. The van der Waals surface area contributed by atoms with Crippen LogP contribution in [-0.4, -0.2) is 17.1 Å². The summed E-state index contributed by atoms with van der Waals surface area (Å²) in [5, 5.41) is 0. The second-order valence-electron chi connectivity index (χ2n) is 3.66. The molecule has 0 atom stereocenters. The number of halogens is 1. The highest BCUT2D eigenvalue weighted by atomic mass is 79.9. The highest BCUT2D eigenvalue weighted by Crippen LogP contribution is 2.20. The first-order valence-corrected chi connectivity index (χ1v) is 6.20. The van der Waals surface area contributed by atoms with Crippen LogP contribution in [0.5, 0.6) is 0 Å². The van der Waals surface area contributed by atoms with E-state index in [1.165, 1.54) is 0 Å². The molecule has 4 nitrogen and oxygen atoms in total. The lowest BCUT2D eigenvalue weighted by atomic mass is 10.0. The number of aromatic amines is 1. The number of methoxy groups -OCH3 is 1. The number of H-pyrrole nitrogens is 1. The smallest absolute Gasteiger partial charge is 0.265 e. The van der Waals surface area contributed by atoms with Crippen LogP contribution < -0.4 is 5.56 Å². The van der Waals surface area contributed by atoms with Crippen LogP contribution in [0.2, 0.25) is 0 Å². The molecule has 1 rings (SSSR count). The predicted octanol–water partition coefficient (Wildman–Crippen LogP) is 2.58. The van der Waals surface area contributed by atoms with Crippen molar-refractivity contribution in [2.75, 3.05) is 7.11 Å². The van der Waals surface area contributed by atoms with Crippen LogP contribution >= 0.6 is 15.9 Å². The van der Waals surface area contributed by atoms with Gasteiger partial charge in [0, 0.05) is 13.0 Å². The monoisotopic (exact) mass is 288 g/mol. The minimum atomic E-state index is -0.135. The number of hydrogen-bond donors (Lipinski definition) is 1. The van der Waals surface area contributed by atoms with E-state index in [1.807, 2.05) is 0 Å². The van der Waals surface area contributed by atoms with Gasteiger partial charge < -0.3 is 9.72 Å². The number of nitrogens with one attached hydrogen (secondary N) is 1. The maximum atomic E-state index is 11.7. The molecule has 0 aliphatic heterocycles. The first-order chi connectivity index (χ1) is 7.63. The van der Waals surface area contributed by atoms with Crippen molar-refractivity contribution in [1.29, 1.82) is 0 Å². The van der Waals surface area contributed by atoms with E-state index in [1.54, 1.807) is 7.11 Å². The molecule has 1 aromatic rings. The fraction of sp³-hybridized carbons (Fsp3) is 0.636. The molecule has 16 heavy (non-hydrogen) atoms. The highest BCUT2D eigenvalue weighted by molar-refractivity contribution is 9.10. The zero-order chi connectivity index (χ0) is 12.1. The summed E-state index contributed by atoms with van der Waals surface area (Å²) in [5.41, 5.74) is 0.525. The van der Waals surface area contributed by atoms with Gasteiger partial charge in [-0.05, 0) is 28.8 Å². The lowest BCUT2D eigenvalue weighted by Gasteiger charge is -2.13. The Morgan fingerprint density at radius 3 is 2.56 bits per heavy atom. The Balaban J connectivity index is 3.17. The average Bonchev–Trinajstić information content (AvgIpc) is 2.27. The van der Waals surface area contributed by atoms with Crippen LogP contribution in [0.1, 0.15) is 44.1 Å². The summed E-state index contributed by atoms with van der Waals surface area (Å²) in [4.78, 5) is 18.9. The first kappa shape index (κ1) is 13.4. The van der Waals surface area contributed by atoms with E-state index in [-0.39, 0.29) is 5.56 Å². The Kier molecular flexibility index (Phi) is 5.15. The summed E-state index contributed by atoms with van der Waals surface area (Å²) >= 11 is 3.22. The van der Waals surface area contributed by atoms with E-state index in [0.717, 1.165) is 18.7 Å². The molecular weight excluding hydrogens is 272 g/mol. The number of rotatable bonds is 5. The third-order valence-corrected chi connectivity index (χ3v) is 3.42. The molecule has 0 amide bonds. The van der Waals surface area contributed by atoms with Crippen molar-refractivity contribution >= 4 is 15.9 Å². The van der Waals surface area contributed by atoms with Gasteiger partial charge in [0.1, 0.15) is 10.3 Å². The molecule has 0 radical (unpaired) electrons. The minimum absolute atomic E-state index is 0.135. The molecule has 90 valence electrons. The lowest BCUT2D eigenvalue weighted by Crippen LogP contribution is -2.18. The van der Waals surface area contributed by atoms with E-state index < -0.39 is 0 Å². The van der Waals surface area contributed by atoms with Crippen molar-refractivity contribution < 1.29 is 4.74 Å². The summed E-state index contributed by atoms with van der Waals surface area (Å²) in [5.74, 6) is 1.06. The predicted molar refractivity (Wildman–Crippen MR) is 66.6 cm³/mol. The van der Waals surface area contributed by atoms with Gasteiger partial charge in [0.05, 0.1) is 12.3 Å². The van der Waals surface area contributed by atoms with E-state index in [0.29, 0.717) is 22.7 Å². The van der Waals surface area contributed by atoms with Gasteiger partial charge in [-0.2, -0.15) is 0 Å². The van der Waals surface area contributed by atoms with Crippen molar-refractivity contribution in [3.05, 3.63) is 26.3 Å². The second kappa shape index (κ2) is 6.15. The third kappa shape index (κ3) is 2.92. The van der Waals surface area contributed by atoms with E-state index in [4.69, 9.17) is 4.74 Å². The van der Waals surface area contributed by atoms with Crippen LogP contribution in [-0.2, 0) is 11.3 Å². The van der Waals surface area contributed by atoms with Crippen LogP contribution in [0.25, 0.3) is 0 Å². The summed E-state index contributed by atoms with van der Waals surface area (Å²) in [6, 6.07) is 0. The molecule has 1 N–H and O–H groups in total. The van der Waals surface area contributed by atoms with Crippen LogP contribution in [0.15, 0.2) is 9.27 Å². The topological polar surface area (TPSA) is 55.0 Å². The normalized spacial score (nSPS) is 11.1. The molecular formula is C11H17BrN2O2. The van der Waals surface area contributed by atoms with Gasteiger partial charge in [0.15, 0.2) is 0 Å². The Hall–Kier alpha value is -0.680. The van der Waals surface area contributed by atoms with Crippen molar-refractivity contribution in [1.82, 2.24) is 9.97 Å². The molecule has 0 saturated carbocycles. The van der Waals surface area contributed by atoms with Crippen molar-refractivity contribution in [2.45, 2.75) is 39.2 Å². The molecule has 0 aliphatic carbocycles. The van der Waals surface area contributed by atoms with Gasteiger partial charge in [-0.15, -0.1) is 0 Å². The first-order valence-electron chi connectivity index (χ1n) is 5.41. The van der Waals surface area contributed by atoms with Crippen molar-refractivity contribution in [3.8, 4) is 0 Å². The molecule has 5 heteroatoms. The molecule has 0 unspecified atom stereocenters. The zero-order valence-electron chi connectivity index (χ0n) is 9.84. The standard InChI is InChI=1S/C11H17BrN2O2/c1-4-7(5-2)10-13-8(6-16-3)9(12)11(15)14-10/h7H,4-6H2,1-3H3,(H,13,14,15). The van der Waals surface area contributed by atoms with Gasteiger partial charge in [0.25, 0.3) is 5.56 Å². The van der Waals surface area contributed by atoms with Gasteiger partial charge in [-0.25, -0.2) is 4.98 Å². The van der Waals surface area contributed by atoms with Gasteiger partial charge in [-0.1, -0.05) is 13.8 Å². The van der Waals surface area contributed by atoms with Gasteiger partial charge in [-0.3, -0.25) is 4.79 Å². The fourth-order valence-electron chi connectivity index (χ4n) is 1.63. The fourth-order valence-corrected chi connectivity index (χ4v) is 1.93. The van der Waals surface area contributed by atoms with E-state index >= 15 is 0 Å². The Labute approximate surface area is 104 Å². The summed E-state index contributed by atoms with van der Waals surface area (Å²) in [6.45, 7) is 4.52. The molecule has 1 aromatic heterocycles. The quantitative estimate of drug-likeness (QED) is 0.906. The second-order valence-corrected chi connectivity index (χ2v) is 4.45. The van der Waals surface area contributed by atoms with Crippen LogP contribution in [0.3, 0.4) is 0 Å². The molecule has 0 spiro atoms. The third-order valence-electron chi connectivity index (χ3n) is 2.60. The molecule has 0 bridgehead atoms. The number of hydrogen-bond acceptors (Lipinski definition) is 3. The largest absolute Gasteiger partial charge is 0.378 e. The molecule has 0 saturated heterocycles. The van der Waals surface area contributed by atoms with Crippen LogP contribution in [0, 0.1) is 0 Å². The average molecular weight is 289 g/mol. The maximum absolute atomic E-state index is 11.7. The Morgan fingerprint density at radius 2 is 2.06 bits per heavy atom. The number of nitrogens with zero attached hydrogens (tertiary/aromatic N) is 1. The molecule has 0 aliphatic rings. The van der Waals surface area contributed by atoms with Crippen molar-refractivity contribution in [2.24, 2.45) is 0 Å². The number of ether oxygens (including phenoxy) is 1. The number of aromatic nitrogens is 2. The Bertz CT molecular complexity index is 399.